The zero-order valence-electron chi connectivity index (χ0n) is 21.0. The summed E-state index contributed by atoms with van der Waals surface area (Å²) < 4.78 is 1.73. The van der Waals surface area contributed by atoms with Crippen LogP contribution in [0.15, 0.2) is 65.3 Å². The average molecular weight is 601 g/mol. The van der Waals surface area contributed by atoms with Crippen molar-refractivity contribution in [3.05, 3.63) is 87.7 Å². The third-order valence-electron chi connectivity index (χ3n) is 6.48. The predicted molar refractivity (Wildman–Crippen MR) is 159 cm³/mol. The number of amides is 2. The van der Waals surface area contributed by atoms with Crippen LogP contribution in [0.2, 0.25) is 10.0 Å². The van der Waals surface area contributed by atoms with E-state index in [0.29, 0.717) is 27.9 Å². The second-order valence-corrected chi connectivity index (χ2v) is 12.4. The fraction of sp³-hybridized carbons (Fsp3) is 0.286. The number of thioether (sulfide) groups is 1. The molecule has 1 aliphatic rings. The van der Waals surface area contributed by atoms with Gasteiger partial charge in [-0.3, -0.25) is 19.5 Å². The van der Waals surface area contributed by atoms with E-state index >= 15 is 0 Å². The van der Waals surface area contributed by atoms with Gasteiger partial charge >= 0.3 is 0 Å². The molecule has 0 radical (unpaired) electrons. The van der Waals surface area contributed by atoms with Gasteiger partial charge in [-0.05, 0) is 60.4 Å². The standard InChI is InChI=1S/C28H27Cl2N5O2S2/c29-22-5-3-18(12-23(22)30)16-35-10-7-21(8-11-35)33-26(36)17-38-28-34-24-6-4-20(13-25(24)39-28)27(37)32-15-19-2-1-9-31-14-19/h1-6,9,12-14,21H,7-8,10-11,15-17H2,(H,32,37)(H,33,36). The molecule has 1 aliphatic heterocycles. The van der Waals surface area contributed by atoms with E-state index in [1.807, 2.05) is 42.5 Å². The zero-order valence-corrected chi connectivity index (χ0v) is 24.2. The molecule has 2 N–H and O–H groups in total. The summed E-state index contributed by atoms with van der Waals surface area (Å²) >= 11 is 15.1. The number of carbonyl (C=O) groups excluding carboxylic acids is 2. The number of benzene rings is 2. The van der Waals surface area contributed by atoms with Crippen LogP contribution in [0.25, 0.3) is 10.2 Å². The molecule has 11 heteroatoms. The second-order valence-electron chi connectivity index (χ2n) is 9.36. The van der Waals surface area contributed by atoms with Crippen LogP contribution in [-0.4, -0.2) is 51.6 Å². The highest BCUT2D eigenvalue weighted by molar-refractivity contribution is 8.01. The molecule has 4 aromatic rings. The molecular weight excluding hydrogens is 573 g/mol. The molecule has 2 amide bonds. The smallest absolute Gasteiger partial charge is 0.251 e. The van der Waals surface area contributed by atoms with Gasteiger partial charge < -0.3 is 10.6 Å². The summed E-state index contributed by atoms with van der Waals surface area (Å²) in [5, 5.41) is 7.23. The van der Waals surface area contributed by atoms with Gasteiger partial charge in [0.1, 0.15) is 0 Å². The van der Waals surface area contributed by atoms with Crippen molar-refractivity contribution in [1.82, 2.24) is 25.5 Å². The summed E-state index contributed by atoms with van der Waals surface area (Å²) in [6.45, 7) is 3.06. The fourth-order valence-electron chi connectivity index (χ4n) is 4.42. The lowest BCUT2D eigenvalue weighted by molar-refractivity contribution is -0.119. The minimum Gasteiger partial charge on any atom is -0.353 e. The Kier molecular flexibility index (Phi) is 9.36. The molecule has 0 aliphatic carbocycles. The summed E-state index contributed by atoms with van der Waals surface area (Å²) in [6, 6.07) is 15.1. The lowest BCUT2D eigenvalue weighted by atomic mass is 10.0. The molecule has 0 bridgehead atoms. The number of halogens is 2. The van der Waals surface area contributed by atoms with Crippen LogP contribution in [0, 0.1) is 0 Å². The first-order valence-electron chi connectivity index (χ1n) is 12.6. The van der Waals surface area contributed by atoms with Crippen molar-refractivity contribution < 1.29 is 9.59 Å². The predicted octanol–water partition coefficient (Wildman–Crippen LogP) is 5.80. The summed E-state index contributed by atoms with van der Waals surface area (Å²) in [7, 11) is 0. The van der Waals surface area contributed by atoms with Crippen molar-refractivity contribution in [2.24, 2.45) is 0 Å². The Morgan fingerprint density at radius 2 is 1.90 bits per heavy atom. The van der Waals surface area contributed by atoms with Crippen LogP contribution in [0.3, 0.4) is 0 Å². The maximum Gasteiger partial charge on any atom is 0.251 e. The lowest BCUT2D eigenvalue weighted by Crippen LogP contribution is -2.44. The Hall–Kier alpha value is -2.69. The van der Waals surface area contributed by atoms with Gasteiger partial charge in [0.05, 0.1) is 26.0 Å². The molecule has 1 saturated heterocycles. The number of piperidine rings is 1. The van der Waals surface area contributed by atoms with E-state index in [-0.39, 0.29) is 17.9 Å². The number of rotatable bonds is 9. The normalized spacial score (nSPS) is 14.4. The average Bonchev–Trinajstić information content (AvgIpc) is 3.36. The first-order chi connectivity index (χ1) is 18.9. The van der Waals surface area contributed by atoms with E-state index in [9.17, 15) is 9.59 Å². The van der Waals surface area contributed by atoms with Gasteiger partial charge in [0, 0.05) is 50.2 Å². The van der Waals surface area contributed by atoms with Crippen molar-refractivity contribution in [3.8, 4) is 0 Å². The van der Waals surface area contributed by atoms with Crippen LogP contribution >= 0.6 is 46.3 Å². The van der Waals surface area contributed by atoms with Crippen molar-refractivity contribution in [2.45, 2.75) is 36.3 Å². The molecule has 202 valence electrons. The fourth-order valence-corrected chi connectivity index (χ4v) is 6.66. The second kappa shape index (κ2) is 13.1. The van der Waals surface area contributed by atoms with Crippen LogP contribution in [0.4, 0.5) is 0 Å². The SMILES string of the molecule is O=C(CSc1nc2ccc(C(=O)NCc3cccnc3)cc2s1)NC1CCN(Cc2ccc(Cl)c(Cl)c2)CC1. The topological polar surface area (TPSA) is 87.2 Å². The molecule has 2 aromatic carbocycles. The number of likely N-dealkylation sites (tertiary alicyclic amines) is 1. The highest BCUT2D eigenvalue weighted by atomic mass is 35.5. The molecule has 0 saturated carbocycles. The highest BCUT2D eigenvalue weighted by Gasteiger charge is 2.21. The molecule has 0 spiro atoms. The van der Waals surface area contributed by atoms with Gasteiger partial charge in [0.25, 0.3) is 5.91 Å². The number of nitrogens with zero attached hydrogens (tertiary/aromatic N) is 3. The molecule has 0 unspecified atom stereocenters. The first kappa shape index (κ1) is 27.9. The van der Waals surface area contributed by atoms with Gasteiger partial charge in [-0.2, -0.15) is 0 Å². The van der Waals surface area contributed by atoms with Crippen molar-refractivity contribution >= 4 is 68.3 Å². The summed E-state index contributed by atoms with van der Waals surface area (Å²) in [5.41, 5.74) is 3.48. The Bertz CT molecular complexity index is 1460. The van der Waals surface area contributed by atoms with E-state index in [1.165, 1.54) is 23.1 Å². The molecular formula is C28H27Cl2N5O2S2. The number of fused-ring (bicyclic) bond motifs is 1. The summed E-state index contributed by atoms with van der Waals surface area (Å²) in [6.07, 6.45) is 5.25. The molecule has 7 nitrogen and oxygen atoms in total. The van der Waals surface area contributed by atoms with Crippen molar-refractivity contribution in [3.63, 3.8) is 0 Å². The van der Waals surface area contributed by atoms with E-state index in [2.05, 4.69) is 25.5 Å². The van der Waals surface area contributed by atoms with E-state index < -0.39 is 0 Å². The minimum atomic E-state index is -0.147. The number of carbonyl (C=O) groups is 2. The minimum absolute atomic E-state index is 0.0117. The largest absolute Gasteiger partial charge is 0.353 e. The third-order valence-corrected chi connectivity index (χ3v) is 9.38. The maximum absolute atomic E-state index is 12.6. The number of hydrogen-bond donors (Lipinski definition) is 2. The molecule has 5 rings (SSSR count). The van der Waals surface area contributed by atoms with Crippen molar-refractivity contribution in [1.29, 1.82) is 0 Å². The Balaban J connectivity index is 1.06. The van der Waals surface area contributed by atoms with Gasteiger partial charge in [-0.25, -0.2) is 4.98 Å². The number of hydrogen-bond acceptors (Lipinski definition) is 7. The van der Waals surface area contributed by atoms with Crippen molar-refractivity contribution in [2.75, 3.05) is 18.8 Å². The van der Waals surface area contributed by atoms with Gasteiger partial charge in [0.15, 0.2) is 4.34 Å². The van der Waals surface area contributed by atoms with E-state index in [0.717, 1.165) is 58.2 Å². The van der Waals surface area contributed by atoms with Crippen LogP contribution in [0.5, 0.6) is 0 Å². The number of nitrogens with one attached hydrogen (secondary N) is 2. The van der Waals surface area contributed by atoms with Crippen LogP contribution < -0.4 is 10.6 Å². The Labute approximate surface area is 245 Å². The van der Waals surface area contributed by atoms with Gasteiger partial charge in [-0.15, -0.1) is 11.3 Å². The number of pyridine rings is 1. The number of thiazole rings is 1. The Morgan fingerprint density at radius 1 is 1.05 bits per heavy atom. The lowest BCUT2D eigenvalue weighted by Gasteiger charge is -2.32. The maximum atomic E-state index is 12.6. The highest BCUT2D eigenvalue weighted by Crippen LogP contribution is 2.30. The zero-order chi connectivity index (χ0) is 27.2. The quantitative estimate of drug-likeness (QED) is 0.236. The Morgan fingerprint density at radius 3 is 2.67 bits per heavy atom. The van der Waals surface area contributed by atoms with Gasteiger partial charge in [0.2, 0.25) is 5.91 Å². The summed E-state index contributed by atoms with van der Waals surface area (Å²) in [4.78, 5) is 36.3. The van der Waals surface area contributed by atoms with Crippen LogP contribution in [0.1, 0.15) is 34.3 Å². The first-order valence-corrected chi connectivity index (χ1v) is 15.1. The number of aromatic nitrogens is 2. The van der Waals surface area contributed by atoms with E-state index in [1.54, 1.807) is 18.5 Å². The van der Waals surface area contributed by atoms with Crippen LogP contribution in [-0.2, 0) is 17.9 Å². The van der Waals surface area contributed by atoms with E-state index in [4.69, 9.17) is 23.2 Å². The third kappa shape index (κ3) is 7.70. The molecule has 1 fully saturated rings. The molecule has 39 heavy (non-hydrogen) atoms. The van der Waals surface area contributed by atoms with Gasteiger partial charge in [-0.1, -0.05) is 47.1 Å². The summed E-state index contributed by atoms with van der Waals surface area (Å²) in [5.74, 6) is 0.172. The molecule has 0 atom stereocenters. The molecule has 2 aromatic heterocycles. The molecule has 3 heterocycles. The monoisotopic (exact) mass is 599 g/mol.